The molecule has 1 aromatic rings. The molecule has 0 saturated carbocycles. The van der Waals surface area contributed by atoms with Gasteiger partial charge in [0.2, 0.25) is 0 Å². The molecule has 0 aliphatic carbocycles. The van der Waals surface area contributed by atoms with Crippen molar-refractivity contribution in [2.75, 3.05) is 6.61 Å². The number of rotatable bonds is 4. The molecule has 1 rings (SSSR count). The van der Waals surface area contributed by atoms with Crippen LogP contribution in [0.25, 0.3) is 0 Å². The molecule has 0 spiro atoms. The first-order valence-electron chi connectivity index (χ1n) is 4.63. The molecule has 0 fully saturated rings. The van der Waals surface area contributed by atoms with Gasteiger partial charge in [-0.15, -0.1) is 0 Å². The summed E-state index contributed by atoms with van der Waals surface area (Å²) in [4.78, 5) is 10.1. The summed E-state index contributed by atoms with van der Waals surface area (Å²) in [6, 6.07) is 3.27. The standard InChI is InChI=1S/C10H10FNO3S/c1-2-15-10(16)6-7-5-8(11)3-4-9(7)12(13)14/h3-5H,2,6H2,1H3. The molecule has 0 aliphatic heterocycles. The highest BCUT2D eigenvalue weighted by Crippen LogP contribution is 2.20. The van der Waals surface area contributed by atoms with Gasteiger partial charge in [-0.1, -0.05) is 0 Å². The zero-order valence-corrected chi connectivity index (χ0v) is 9.42. The Hall–Kier alpha value is -1.56. The second-order valence-corrected chi connectivity index (χ2v) is 3.47. The number of benzene rings is 1. The van der Waals surface area contributed by atoms with Crippen molar-refractivity contribution in [1.29, 1.82) is 0 Å². The van der Waals surface area contributed by atoms with Gasteiger partial charge in [0.25, 0.3) is 5.69 Å². The van der Waals surface area contributed by atoms with Crippen LogP contribution in [0.4, 0.5) is 10.1 Å². The fraction of sp³-hybridized carbons (Fsp3) is 0.300. The van der Waals surface area contributed by atoms with Crippen molar-refractivity contribution in [3.05, 3.63) is 39.7 Å². The zero-order valence-electron chi connectivity index (χ0n) is 8.60. The van der Waals surface area contributed by atoms with Crippen molar-refractivity contribution in [2.24, 2.45) is 0 Å². The molecule has 16 heavy (non-hydrogen) atoms. The average molecular weight is 243 g/mol. The Morgan fingerprint density at radius 2 is 2.31 bits per heavy atom. The van der Waals surface area contributed by atoms with Crippen molar-refractivity contribution in [2.45, 2.75) is 13.3 Å². The average Bonchev–Trinajstić information content (AvgIpc) is 2.17. The quantitative estimate of drug-likeness (QED) is 0.463. The maximum atomic E-state index is 12.9. The van der Waals surface area contributed by atoms with E-state index in [1.807, 2.05) is 0 Å². The molecule has 0 saturated heterocycles. The summed E-state index contributed by atoms with van der Waals surface area (Å²) in [5.41, 5.74) is 0.0758. The Morgan fingerprint density at radius 3 is 2.88 bits per heavy atom. The van der Waals surface area contributed by atoms with E-state index in [9.17, 15) is 14.5 Å². The van der Waals surface area contributed by atoms with Crippen molar-refractivity contribution in [3.63, 3.8) is 0 Å². The zero-order chi connectivity index (χ0) is 12.1. The van der Waals surface area contributed by atoms with E-state index >= 15 is 0 Å². The summed E-state index contributed by atoms with van der Waals surface area (Å²) in [7, 11) is 0. The minimum absolute atomic E-state index is 0.0667. The molecular formula is C10H10FNO3S. The molecule has 0 N–H and O–H groups in total. The van der Waals surface area contributed by atoms with Crippen LogP contribution in [0, 0.1) is 15.9 Å². The fourth-order valence-electron chi connectivity index (χ4n) is 1.24. The first-order chi connectivity index (χ1) is 7.54. The van der Waals surface area contributed by atoms with Gasteiger partial charge >= 0.3 is 0 Å². The van der Waals surface area contributed by atoms with Crippen LogP contribution in [0.15, 0.2) is 18.2 Å². The lowest BCUT2D eigenvalue weighted by Gasteiger charge is -2.05. The SMILES string of the molecule is CCOC(=S)Cc1cc(F)ccc1[N+](=O)[O-]. The van der Waals surface area contributed by atoms with Crippen molar-refractivity contribution in [1.82, 2.24) is 0 Å². The second kappa shape index (κ2) is 5.50. The van der Waals surface area contributed by atoms with Gasteiger partial charge in [-0.25, -0.2) is 4.39 Å². The highest BCUT2D eigenvalue weighted by molar-refractivity contribution is 7.80. The van der Waals surface area contributed by atoms with E-state index in [2.05, 4.69) is 0 Å². The summed E-state index contributed by atoms with van der Waals surface area (Å²) in [5.74, 6) is -0.528. The van der Waals surface area contributed by atoms with Crippen LogP contribution >= 0.6 is 12.2 Å². The molecular weight excluding hydrogens is 233 g/mol. The number of hydrogen-bond donors (Lipinski definition) is 0. The molecule has 1 aromatic carbocycles. The van der Waals surface area contributed by atoms with Gasteiger partial charge in [0.1, 0.15) is 5.82 Å². The predicted molar refractivity (Wildman–Crippen MR) is 61.0 cm³/mol. The van der Waals surface area contributed by atoms with Crippen LogP contribution in [0.3, 0.4) is 0 Å². The largest absolute Gasteiger partial charge is 0.487 e. The maximum absolute atomic E-state index is 12.9. The molecule has 0 unspecified atom stereocenters. The Bertz CT molecular complexity index is 423. The summed E-state index contributed by atoms with van der Waals surface area (Å²) in [6.07, 6.45) is 0.0667. The molecule has 0 atom stereocenters. The van der Waals surface area contributed by atoms with Gasteiger partial charge in [0.15, 0.2) is 5.05 Å². The minimum atomic E-state index is -0.566. The summed E-state index contributed by atoms with van der Waals surface area (Å²) in [6.45, 7) is 2.15. The molecule has 0 radical (unpaired) electrons. The number of nitrogens with zero attached hydrogens (tertiary/aromatic N) is 1. The molecule has 0 aliphatic rings. The Morgan fingerprint density at radius 1 is 1.62 bits per heavy atom. The summed E-state index contributed by atoms with van der Waals surface area (Å²) >= 11 is 4.86. The lowest BCUT2D eigenvalue weighted by molar-refractivity contribution is -0.385. The number of nitro benzene ring substituents is 1. The van der Waals surface area contributed by atoms with Gasteiger partial charge in [-0.2, -0.15) is 0 Å². The molecule has 0 amide bonds. The van der Waals surface area contributed by atoms with Crippen LogP contribution in [0.5, 0.6) is 0 Å². The molecule has 0 bridgehead atoms. The Kier molecular flexibility index (Phi) is 4.30. The first kappa shape index (κ1) is 12.5. The van der Waals surface area contributed by atoms with E-state index < -0.39 is 10.7 Å². The predicted octanol–water partition coefficient (Wildman–Crippen LogP) is 2.64. The molecule has 4 nitrogen and oxygen atoms in total. The maximum Gasteiger partial charge on any atom is 0.273 e. The van der Waals surface area contributed by atoms with E-state index in [4.69, 9.17) is 17.0 Å². The first-order valence-corrected chi connectivity index (χ1v) is 5.04. The number of thiocarbonyl (C=S) groups is 1. The van der Waals surface area contributed by atoms with Crippen molar-refractivity contribution < 1.29 is 14.1 Å². The number of hydrogen-bond acceptors (Lipinski definition) is 4. The smallest absolute Gasteiger partial charge is 0.273 e. The van der Waals surface area contributed by atoms with Crippen molar-refractivity contribution in [3.8, 4) is 0 Å². The lowest BCUT2D eigenvalue weighted by atomic mass is 10.1. The summed E-state index contributed by atoms with van der Waals surface area (Å²) in [5, 5.41) is 10.9. The third-order valence-corrected chi connectivity index (χ3v) is 2.14. The third-order valence-electron chi connectivity index (χ3n) is 1.88. The van der Waals surface area contributed by atoms with Gasteiger partial charge < -0.3 is 4.74 Å². The van der Waals surface area contributed by atoms with E-state index in [-0.39, 0.29) is 22.7 Å². The van der Waals surface area contributed by atoms with Crippen LogP contribution < -0.4 is 0 Å². The monoisotopic (exact) mass is 243 g/mol. The normalized spacial score (nSPS) is 9.88. The van der Waals surface area contributed by atoms with Gasteiger partial charge in [0, 0.05) is 18.1 Å². The highest BCUT2D eigenvalue weighted by Gasteiger charge is 2.15. The van der Waals surface area contributed by atoms with Crippen molar-refractivity contribution >= 4 is 23.0 Å². The fourth-order valence-corrected chi connectivity index (χ4v) is 1.51. The minimum Gasteiger partial charge on any atom is -0.487 e. The van der Waals surface area contributed by atoms with Gasteiger partial charge in [0.05, 0.1) is 11.5 Å². The summed E-state index contributed by atoms with van der Waals surface area (Å²) < 4.78 is 17.9. The third kappa shape index (κ3) is 3.23. The topological polar surface area (TPSA) is 52.4 Å². The van der Waals surface area contributed by atoms with E-state index in [1.54, 1.807) is 6.92 Å². The van der Waals surface area contributed by atoms with Gasteiger partial charge in [-0.05, 0) is 31.3 Å². The molecule has 86 valence electrons. The van der Waals surface area contributed by atoms with E-state index in [0.717, 1.165) is 18.2 Å². The van der Waals surface area contributed by atoms with Crippen LogP contribution in [-0.2, 0) is 11.2 Å². The molecule has 0 aromatic heterocycles. The highest BCUT2D eigenvalue weighted by atomic mass is 32.1. The van der Waals surface area contributed by atoms with Crippen LogP contribution in [0.2, 0.25) is 0 Å². The van der Waals surface area contributed by atoms with Crippen LogP contribution in [0.1, 0.15) is 12.5 Å². The Balaban J connectivity index is 2.96. The number of halogens is 1. The van der Waals surface area contributed by atoms with Gasteiger partial charge in [-0.3, -0.25) is 10.1 Å². The molecule has 6 heteroatoms. The molecule has 0 heterocycles. The Labute approximate surface area is 97.2 Å². The second-order valence-electron chi connectivity index (χ2n) is 3.01. The number of ether oxygens (including phenoxy) is 1. The van der Waals surface area contributed by atoms with Crippen LogP contribution in [-0.4, -0.2) is 16.6 Å². The van der Waals surface area contributed by atoms with E-state index in [1.165, 1.54) is 0 Å². The van der Waals surface area contributed by atoms with E-state index in [0.29, 0.717) is 6.61 Å². The lowest BCUT2D eigenvalue weighted by Crippen LogP contribution is -2.07. The number of nitro groups is 1.